The van der Waals surface area contributed by atoms with Crippen molar-refractivity contribution in [3.63, 3.8) is 0 Å². The highest BCUT2D eigenvalue weighted by atomic mass is 16.7. The van der Waals surface area contributed by atoms with Crippen LogP contribution in [0.5, 0.6) is 5.75 Å². The number of hydrogen-bond donors (Lipinski definition) is 0. The van der Waals surface area contributed by atoms with Crippen LogP contribution in [0.2, 0.25) is 0 Å². The van der Waals surface area contributed by atoms with Gasteiger partial charge in [0.05, 0.1) is 6.10 Å². The maximum atomic E-state index is 5.99. The van der Waals surface area contributed by atoms with Crippen molar-refractivity contribution in [2.24, 2.45) is 5.92 Å². The molecular weight excluding hydrogens is 260 g/mol. The smallest absolute Gasteiger partial charge is 0.197 e. The topological polar surface area (TPSA) is 18.5 Å². The Morgan fingerprint density at radius 1 is 0.905 bits per heavy atom. The van der Waals surface area contributed by atoms with Gasteiger partial charge in [0.25, 0.3) is 0 Å². The Labute approximate surface area is 129 Å². The summed E-state index contributed by atoms with van der Waals surface area (Å²) in [5.41, 5.74) is 1.37. The predicted molar refractivity (Wildman–Crippen MR) is 87.7 cm³/mol. The lowest BCUT2D eigenvalue weighted by molar-refractivity contribution is -0.116. The molecule has 0 radical (unpaired) electrons. The molecule has 1 aromatic rings. The average molecular weight is 290 g/mol. The first-order chi connectivity index (χ1) is 10.1. The summed E-state index contributed by atoms with van der Waals surface area (Å²) in [7, 11) is 0. The fourth-order valence-corrected chi connectivity index (χ4v) is 2.93. The van der Waals surface area contributed by atoms with E-state index in [4.69, 9.17) is 9.47 Å². The summed E-state index contributed by atoms with van der Waals surface area (Å²) >= 11 is 0. The van der Waals surface area contributed by atoms with E-state index in [-0.39, 0.29) is 6.29 Å². The molecule has 0 heterocycles. The fourth-order valence-electron chi connectivity index (χ4n) is 2.93. The Balaban J connectivity index is 1.84. The van der Waals surface area contributed by atoms with Crippen LogP contribution in [0.4, 0.5) is 0 Å². The van der Waals surface area contributed by atoms with Gasteiger partial charge in [-0.05, 0) is 49.3 Å². The van der Waals surface area contributed by atoms with Gasteiger partial charge in [-0.15, -0.1) is 0 Å². The molecule has 21 heavy (non-hydrogen) atoms. The van der Waals surface area contributed by atoms with Gasteiger partial charge in [-0.25, -0.2) is 0 Å². The van der Waals surface area contributed by atoms with Crippen LogP contribution < -0.4 is 4.74 Å². The third-order valence-electron chi connectivity index (χ3n) is 4.64. The summed E-state index contributed by atoms with van der Waals surface area (Å²) in [5.74, 6) is 2.14. The molecule has 2 heteroatoms. The average Bonchev–Trinajstić information content (AvgIpc) is 2.48. The summed E-state index contributed by atoms with van der Waals surface area (Å²) in [4.78, 5) is 0. The number of rotatable bonds is 6. The van der Waals surface area contributed by atoms with Crippen LogP contribution in [0.25, 0.3) is 0 Å². The van der Waals surface area contributed by atoms with Crippen LogP contribution in [0.3, 0.4) is 0 Å². The van der Waals surface area contributed by atoms with E-state index in [0.29, 0.717) is 17.9 Å². The first-order valence-corrected chi connectivity index (χ1v) is 8.48. The zero-order chi connectivity index (χ0) is 15.2. The van der Waals surface area contributed by atoms with E-state index in [1.54, 1.807) is 0 Å². The Bertz CT molecular complexity index is 404. The molecule has 1 saturated carbocycles. The molecule has 1 aromatic carbocycles. The van der Waals surface area contributed by atoms with Gasteiger partial charge in [-0.2, -0.15) is 0 Å². The monoisotopic (exact) mass is 290 g/mol. The second-order valence-corrected chi connectivity index (χ2v) is 6.68. The Morgan fingerprint density at radius 2 is 1.52 bits per heavy atom. The molecule has 1 fully saturated rings. The van der Waals surface area contributed by atoms with Gasteiger partial charge in [0, 0.05) is 0 Å². The molecule has 1 aliphatic carbocycles. The van der Waals surface area contributed by atoms with Crippen molar-refractivity contribution in [1.82, 2.24) is 0 Å². The molecule has 0 N–H and O–H groups in total. The van der Waals surface area contributed by atoms with Gasteiger partial charge in [0.15, 0.2) is 6.29 Å². The molecule has 0 bridgehead atoms. The summed E-state index contributed by atoms with van der Waals surface area (Å²) in [6.45, 7) is 8.79. The molecule has 2 atom stereocenters. The van der Waals surface area contributed by atoms with E-state index in [2.05, 4.69) is 45.0 Å². The predicted octanol–water partition coefficient (Wildman–Crippen LogP) is 5.52. The van der Waals surface area contributed by atoms with E-state index >= 15 is 0 Å². The minimum atomic E-state index is -0.165. The number of hydrogen-bond acceptors (Lipinski definition) is 2. The van der Waals surface area contributed by atoms with Gasteiger partial charge in [0.1, 0.15) is 5.75 Å². The largest absolute Gasteiger partial charge is 0.465 e. The Kier molecular flexibility index (Phi) is 6.10. The van der Waals surface area contributed by atoms with Crippen LogP contribution in [-0.4, -0.2) is 12.4 Å². The van der Waals surface area contributed by atoms with E-state index < -0.39 is 0 Å². The van der Waals surface area contributed by atoms with Crippen LogP contribution in [0, 0.1) is 5.92 Å². The normalized spacial score (nSPS) is 19.5. The highest BCUT2D eigenvalue weighted by Crippen LogP contribution is 2.26. The lowest BCUT2D eigenvalue weighted by Gasteiger charge is -2.26. The summed E-state index contributed by atoms with van der Waals surface area (Å²) in [5, 5.41) is 0. The standard InChI is InChI=1S/C19H30O2/c1-14(2)15(3)17-10-12-19(13-11-17)21-16(4)20-18-8-6-5-7-9-18/h10-16,18H,5-9H2,1-4H3. The highest BCUT2D eigenvalue weighted by Gasteiger charge is 2.17. The highest BCUT2D eigenvalue weighted by molar-refractivity contribution is 5.29. The van der Waals surface area contributed by atoms with Crippen molar-refractivity contribution in [2.45, 2.75) is 78.1 Å². The SMILES string of the molecule is CC(Oc1ccc(C(C)C(C)C)cc1)OC1CCCCC1. The first kappa shape index (κ1) is 16.4. The molecule has 2 nitrogen and oxygen atoms in total. The lowest BCUT2D eigenvalue weighted by Crippen LogP contribution is -2.26. The molecule has 1 aliphatic rings. The number of benzene rings is 1. The van der Waals surface area contributed by atoms with Gasteiger partial charge in [-0.1, -0.05) is 52.2 Å². The molecule has 0 amide bonds. The van der Waals surface area contributed by atoms with Crippen molar-refractivity contribution in [2.75, 3.05) is 0 Å². The van der Waals surface area contributed by atoms with Crippen molar-refractivity contribution in [1.29, 1.82) is 0 Å². The molecule has 2 unspecified atom stereocenters. The molecular formula is C19H30O2. The first-order valence-electron chi connectivity index (χ1n) is 8.48. The summed E-state index contributed by atoms with van der Waals surface area (Å²) in [6.07, 6.45) is 6.51. The molecule has 118 valence electrons. The fraction of sp³-hybridized carbons (Fsp3) is 0.684. The van der Waals surface area contributed by atoms with E-state index in [1.807, 2.05) is 6.92 Å². The molecule has 0 spiro atoms. The van der Waals surface area contributed by atoms with E-state index in [0.717, 1.165) is 5.75 Å². The maximum Gasteiger partial charge on any atom is 0.197 e. The Morgan fingerprint density at radius 3 is 2.10 bits per heavy atom. The van der Waals surface area contributed by atoms with Crippen molar-refractivity contribution < 1.29 is 9.47 Å². The Hall–Kier alpha value is -1.02. The van der Waals surface area contributed by atoms with Crippen LogP contribution >= 0.6 is 0 Å². The van der Waals surface area contributed by atoms with Crippen molar-refractivity contribution in [3.05, 3.63) is 29.8 Å². The van der Waals surface area contributed by atoms with Crippen molar-refractivity contribution >= 4 is 0 Å². The second kappa shape index (κ2) is 7.84. The molecule has 2 rings (SSSR count). The number of ether oxygens (including phenoxy) is 2. The van der Waals surface area contributed by atoms with Crippen LogP contribution in [0.15, 0.2) is 24.3 Å². The van der Waals surface area contributed by atoms with Gasteiger partial charge in [-0.3, -0.25) is 0 Å². The molecule has 0 aromatic heterocycles. The van der Waals surface area contributed by atoms with E-state index in [9.17, 15) is 0 Å². The minimum absolute atomic E-state index is 0.165. The van der Waals surface area contributed by atoms with Crippen molar-refractivity contribution in [3.8, 4) is 5.75 Å². The van der Waals surface area contributed by atoms with Gasteiger partial charge >= 0.3 is 0 Å². The third kappa shape index (κ3) is 5.03. The van der Waals surface area contributed by atoms with Gasteiger partial charge < -0.3 is 9.47 Å². The zero-order valence-corrected chi connectivity index (χ0v) is 14.0. The zero-order valence-electron chi connectivity index (χ0n) is 14.0. The second-order valence-electron chi connectivity index (χ2n) is 6.68. The maximum absolute atomic E-state index is 5.99. The van der Waals surface area contributed by atoms with E-state index in [1.165, 1.54) is 37.7 Å². The quantitative estimate of drug-likeness (QED) is 0.642. The molecule has 0 aliphatic heterocycles. The third-order valence-corrected chi connectivity index (χ3v) is 4.64. The molecule has 0 saturated heterocycles. The van der Waals surface area contributed by atoms with Crippen LogP contribution in [0.1, 0.15) is 71.3 Å². The van der Waals surface area contributed by atoms with Gasteiger partial charge in [0.2, 0.25) is 0 Å². The summed E-state index contributed by atoms with van der Waals surface area (Å²) in [6, 6.07) is 8.48. The summed E-state index contributed by atoms with van der Waals surface area (Å²) < 4.78 is 11.9. The minimum Gasteiger partial charge on any atom is -0.465 e. The lowest BCUT2D eigenvalue weighted by atomic mass is 9.90. The van der Waals surface area contributed by atoms with Crippen LogP contribution in [-0.2, 0) is 4.74 Å².